The molecule has 0 bridgehead atoms. The third-order valence-corrected chi connectivity index (χ3v) is 3.67. The first-order valence-electron chi connectivity index (χ1n) is 5.94. The predicted octanol–water partition coefficient (Wildman–Crippen LogP) is 3.76. The van der Waals surface area contributed by atoms with Gasteiger partial charge in [0.05, 0.1) is 16.8 Å². The third kappa shape index (κ3) is 4.63. The Morgan fingerprint density at radius 2 is 2.05 bits per heavy atom. The van der Waals surface area contributed by atoms with Crippen molar-refractivity contribution in [2.75, 3.05) is 13.2 Å². The number of esters is 1. The van der Waals surface area contributed by atoms with Gasteiger partial charge in [0, 0.05) is 9.13 Å². The summed E-state index contributed by atoms with van der Waals surface area (Å²) in [4.78, 5) is 11.7. The molecular weight excluding hydrogens is 484 g/mol. The first kappa shape index (κ1) is 17.2. The van der Waals surface area contributed by atoms with E-state index in [9.17, 15) is 4.79 Å². The van der Waals surface area contributed by atoms with Crippen molar-refractivity contribution in [2.24, 2.45) is 0 Å². The van der Waals surface area contributed by atoms with Crippen molar-refractivity contribution in [3.05, 3.63) is 30.4 Å². The van der Waals surface area contributed by atoms with Gasteiger partial charge in [-0.15, -0.1) is 0 Å². The van der Waals surface area contributed by atoms with Crippen LogP contribution in [0.25, 0.3) is 6.08 Å². The largest absolute Gasteiger partial charge is 0.492 e. The number of nitriles is 1. The smallest absolute Gasteiger partial charge is 0.348 e. The second kappa shape index (κ2) is 8.46. The van der Waals surface area contributed by atoms with Crippen LogP contribution >= 0.6 is 45.2 Å². The van der Waals surface area contributed by atoms with Gasteiger partial charge in [-0.25, -0.2) is 4.79 Å². The minimum absolute atomic E-state index is 0.0365. The second-order valence-corrected chi connectivity index (χ2v) is 6.04. The predicted molar refractivity (Wildman–Crippen MR) is 93.3 cm³/mol. The zero-order valence-corrected chi connectivity index (χ0v) is 15.4. The molecule has 0 saturated heterocycles. The number of halogens is 2. The van der Waals surface area contributed by atoms with Crippen LogP contribution in [-0.2, 0) is 9.53 Å². The van der Waals surface area contributed by atoms with Crippen LogP contribution in [0.3, 0.4) is 0 Å². The van der Waals surface area contributed by atoms with Crippen molar-refractivity contribution in [3.63, 3.8) is 0 Å². The number of hydrogen-bond acceptors (Lipinski definition) is 4. The summed E-state index contributed by atoms with van der Waals surface area (Å²) in [6.45, 7) is 4.34. The van der Waals surface area contributed by atoms with Crippen molar-refractivity contribution < 1.29 is 14.3 Å². The van der Waals surface area contributed by atoms with Crippen LogP contribution in [0.2, 0.25) is 0 Å². The quantitative estimate of drug-likeness (QED) is 0.269. The molecule has 0 aliphatic heterocycles. The highest BCUT2D eigenvalue weighted by atomic mass is 127. The van der Waals surface area contributed by atoms with Gasteiger partial charge in [-0.1, -0.05) is 0 Å². The summed E-state index contributed by atoms with van der Waals surface area (Å²) < 4.78 is 12.4. The van der Waals surface area contributed by atoms with Gasteiger partial charge in [0.15, 0.2) is 0 Å². The first-order valence-corrected chi connectivity index (χ1v) is 8.10. The van der Waals surface area contributed by atoms with E-state index in [2.05, 4.69) is 45.2 Å². The van der Waals surface area contributed by atoms with Crippen molar-refractivity contribution >= 4 is 57.2 Å². The lowest BCUT2D eigenvalue weighted by Gasteiger charge is -2.11. The molecule has 0 radical (unpaired) electrons. The molecule has 1 aromatic carbocycles. The maximum atomic E-state index is 11.7. The lowest BCUT2D eigenvalue weighted by atomic mass is 10.1. The highest BCUT2D eigenvalue weighted by Crippen LogP contribution is 2.30. The monoisotopic (exact) mass is 497 g/mol. The molecule has 20 heavy (non-hydrogen) atoms. The van der Waals surface area contributed by atoms with E-state index < -0.39 is 5.97 Å². The van der Waals surface area contributed by atoms with E-state index in [4.69, 9.17) is 14.7 Å². The van der Waals surface area contributed by atoms with Crippen molar-refractivity contribution in [1.82, 2.24) is 0 Å². The van der Waals surface area contributed by atoms with Gasteiger partial charge in [-0.3, -0.25) is 0 Å². The van der Waals surface area contributed by atoms with Gasteiger partial charge in [0.1, 0.15) is 17.4 Å². The maximum absolute atomic E-state index is 11.7. The summed E-state index contributed by atoms with van der Waals surface area (Å²) in [5, 5.41) is 9.08. The average Bonchev–Trinajstić information content (AvgIpc) is 2.39. The average molecular weight is 497 g/mol. The number of hydrogen-bond donors (Lipinski definition) is 0. The fraction of sp³-hybridized carbons (Fsp3) is 0.286. The molecule has 0 heterocycles. The van der Waals surface area contributed by atoms with Gasteiger partial charge in [-0.2, -0.15) is 5.26 Å². The summed E-state index contributed by atoms with van der Waals surface area (Å²) in [6, 6.07) is 5.71. The summed E-state index contributed by atoms with van der Waals surface area (Å²) in [6.07, 6.45) is 1.51. The molecule has 0 amide bonds. The summed E-state index contributed by atoms with van der Waals surface area (Å²) >= 11 is 4.35. The molecule has 0 atom stereocenters. The Balaban J connectivity index is 3.30. The molecule has 0 spiro atoms. The van der Waals surface area contributed by atoms with Gasteiger partial charge in [0.2, 0.25) is 0 Å². The number of nitrogens with zero attached hydrogens (tertiary/aromatic N) is 1. The molecule has 1 rings (SSSR count). The topological polar surface area (TPSA) is 59.3 Å². The molecule has 106 valence electrons. The molecule has 4 nitrogen and oxygen atoms in total. The normalized spacial score (nSPS) is 10.8. The van der Waals surface area contributed by atoms with Gasteiger partial charge >= 0.3 is 5.97 Å². The SMILES string of the molecule is CCOC(=O)C(C#N)=Cc1cc(I)cc(I)c1OCC. The van der Waals surface area contributed by atoms with E-state index >= 15 is 0 Å². The molecular formula is C14H13I2NO3. The van der Waals surface area contributed by atoms with E-state index in [0.717, 1.165) is 7.14 Å². The fourth-order valence-corrected chi connectivity index (χ4v) is 3.53. The fourth-order valence-electron chi connectivity index (χ4n) is 1.49. The minimum atomic E-state index is -0.619. The lowest BCUT2D eigenvalue weighted by molar-refractivity contribution is -0.137. The van der Waals surface area contributed by atoms with Crippen molar-refractivity contribution in [1.29, 1.82) is 5.26 Å². The standard InChI is InChI=1S/C14H13I2NO3/c1-3-19-13-9(6-11(15)7-12(13)16)5-10(8-17)14(18)20-4-2/h5-7H,3-4H2,1-2H3. The summed E-state index contributed by atoms with van der Waals surface area (Å²) in [5.41, 5.74) is 0.665. The Morgan fingerprint density at radius 3 is 2.60 bits per heavy atom. The lowest BCUT2D eigenvalue weighted by Crippen LogP contribution is -2.06. The van der Waals surface area contributed by atoms with Gasteiger partial charge in [0.25, 0.3) is 0 Å². The highest BCUT2D eigenvalue weighted by Gasteiger charge is 2.14. The van der Waals surface area contributed by atoms with Crippen LogP contribution in [-0.4, -0.2) is 19.2 Å². The molecule has 0 aliphatic rings. The first-order chi connectivity index (χ1) is 9.53. The van der Waals surface area contributed by atoms with Gasteiger partial charge < -0.3 is 9.47 Å². The maximum Gasteiger partial charge on any atom is 0.348 e. The zero-order valence-electron chi connectivity index (χ0n) is 11.1. The number of ether oxygens (including phenoxy) is 2. The van der Waals surface area contributed by atoms with Crippen LogP contribution in [0.15, 0.2) is 17.7 Å². The van der Waals surface area contributed by atoms with E-state index in [1.165, 1.54) is 6.08 Å². The Labute approximate surface area is 145 Å². The van der Waals surface area contributed by atoms with Crippen molar-refractivity contribution in [2.45, 2.75) is 13.8 Å². The Morgan fingerprint density at radius 1 is 1.35 bits per heavy atom. The Hall–Kier alpha value is -0.820. The van der Waals surface area contributed by atoms with E-state index in [1.54, 1.807) is 6.92 Å². The van der Waals surface area contributed by atoms with Crippen molar-refractivity contribution in [3.8, 4) is 11.8 Å². The Kier molecular flexibility index (Phi) is 7.29. The van der Waals surface area contributed by atoms with Crippen LogP contribution in [0, 0.1) is 18.5 Å². The Bertz CT molecular complexity index is 577. The molecule has 0 unspecified atom stereocenters. The highest BCUT2D eigenvalue weighted by molar-refractivity contribution is 14.1. The minimum Gasteiger partial charge on any atom is -0.492 e. The van der Waals surface area contributed by atoms with E-state index in [0.29, 0.717) is 17.9 Å². The summed E-state index contributed by atoms with van der Waals surface area (Å²) in [7, 11) is 0. The zero-order chi connectivity index (χ0) is 15.1. The third-order valence-electron chi connectivity index (χ3n) is 2.24. The number of benzene rings is 1. The molecule has 0 aliphatic carbocycles. The van der Waals surface area contributed by atoms with Crippen LogP contribution in [0.4, 0.5) is 0 Å². The van der Waals surface area contributed by atoms with Crippen LogP contribution in [0.5, 0.6) is 5.75 Å². The number of carbonyl (C=O) groups excluding carboxylic acids is 1. The number of rotatable bonds is 5. The number of carbonyl (C=O) groups is 1. The summed E-state index contributed by atoms with van der Waals surface area (Å²) in [5.74, 6) is 0.0527. The molecule has 0 N–H and O–H groups in total. The van der Waals surface area contributed by atoms with E-state index in [1.807, 2.05) is 25.1 Å². The van der Waals surface area contributed by atoms with Crippen LogP contribution < -0.4 is 4.74 Å². The van der Waals surface area contributed by atoms with E-state index in [-0.39, 0.29) is 12.2 Å². The molecule has 0 fully saturated rings. The molecule has 1 aromatic rings. The van der Waals surface area contributed by atoms with Gasteiger partial charge in [-0.05, 0) is 77.2 Å². The second-order valence-electron chi connectivity index (χ2n) is 3.63. The van der Waals surface area contributed by atoms with Crippen LogP contribution in [0.1, 0.15) is 19.4 Å². The molecule has 6 heteroatoms. The molecule has 0 saturated carbocycles. The molecule has 0 aromatic heterocycles.